The number of likely N-dealkylation sites (N-methyl/N-ethyl adjacent to an activating group) is 1. The Bertz CT molecular complexity index is 649. The average Bonchev–Trinajstić information content (AvgIpc) is 2.67. The van der Waals surface area contributed by atoms with Crippen LogP contribution in [0.25, 0.3) is 0 Å². The molecule has 1 aliphatic heterocycles. The topological polar surface area (TPSA) is 56.2 Å². The maximum Gasteiger partial charge on any atom is 0.408 e. The standard InChI is InChI=1S/C24H41N3O3/c1-7-8-19(2)18-30-21-11-9-20(10-12-21)22(27(23(28)29)24(3,4)5)17-26-15-13-25(6)14-16-26/h9-12,19,22H,7-8,13-18H2,1-6H3,(H,28,29)/t19?,22-/m0/s1. The Kier molecular flexibility index (Phi) is 8.98. The van der Waals surface area contributed by atoms with Crippen LogP contribution in [-0.2, 0) is 0 Å². The molecule has 1 amide bonds. The van der Waals surface area contributed by atoms with Gasteiger partial charge in [0.15, 0.2) is 0 Å². The molecule has 1 aromatic carbocycles. The Morgan fingerprint density at radius 3 is 2.27 bits per heavy atom. The quantitative estimate of drug-likeness (QED) is 0.635. The van der Waals surface area contributed by atoms with Crippen LogP contribution in [-0.4, -0.2) is 77.8 Å². The summed E-state index contributed by atoms with van der Waals surface area (Å²) in [6.45, 7) is 15.6. The van der Waals surface area contributed by atoms with E-state index in [2.05, 4.69) is 30.7 Å². The molecule has 1 N–H and O–H groups in total. The third-order valence-electron chi connectivity index (χ3n) is 5.85. The molecular weight excluding hydrogens is 378 g/mol. The SMILES string of the molecule is CCCC(C)COc1ccc([C@H](CN2CCN(C)CC2)N(C(=O)O)C(C)(C)C)cc1. The number of rotatable bonds is 9. The maximum atomic E-state index is 12.2. The highest BCUT2D eigenvalue weighted by molar-refractivity contribution is 5.67. The fraction of sp³-hybridized carbons (Fsp3) is 0.708. The Morgan fingerprint density at radius 1 is 1.17 bits per heavy atom. The van der Waals surface area contributed by atoms with Crippen molar-refractivity contribution in [3.63, 3.8) is 0 Å². The first-order chi connectivity index (χ1) is 14.1. The first-order valence-corrected chi connectivity index (χ1v) is 11.3. The van der Waals surface area contributed by atoms with Crippen molar-refractivity contribution >= 4 is 6.09 Å². The van der Waals surface area contributed by atoms with Crippen LogP contribution < -0.4 is 4.74 Å². The van der Waals surface area contributed by atoms with Crippen LogP contribution in [0.3, 0.4) is 0 Å². The van der Waals surface area contributed by atoms with Crippen molar-refractivity contribution in [2.24, 2.45) is 5.92 Å². The van der Waals surface area contributed by atoms with E-state index in [1.807, 2.05) is 45.0 Å². The monoisotopic (exact) mass is 419 g/mol. The van der Waals surface area contributed by atoms with E-state index in [-0.39, 0.29) is 6.04 Å². The van der Waals surface area contributed by atoms with E-state index in [0.717, 1.165) is 50.3 Å². The number of hydrogen-bond acceptors (Lipinski definition) is 4. The minimum Gasteiger partial charge on any atom is -0.493 e. The van der Waals surface area contributed by atoms with Crippen LogP contribution in [0.15, 0.2) is 24.3 Å². The van der Waals surface area contributed by atoms with Gasteiger partial charge in [-0.15, -0.1) is 0 Å². The molecule has 6 nitrogen and oxygen atoms in total. The van der Waals surface area contributed by atoms with Gasteiger partial charge in [0, 0.05) is 38.3 Å². The van der Waals surface area contributed by atoms with Crippen LogP contribution in [0.5, 0.6) is 5.75 Å². The summed E-state index contributed by atoms with van der Waals surface area (Å²) in [4.78, 5) is 18.5. The average molecular weight is 420 g/mol. The molecule has 6 heteroatoms. The summed E-state index contributed by atoms with van der Waals surface area (Å²) >= 11 is 0. The van der Waals surface area contributed by atoms with Gasteiger partial charge < -0.3 is 14.7 Å². The molecule has 170 valence electrons. The van der Waals surface area contributed by atoms with Gasteiger partial charge in [0.05, 0.1) is 12.6 Å². The number of nitrogens with zero attached hydrogens (tertiary/aromatic N) is 3. The first kappa shape index (κ1) is 24.5. The van der Waals surface area contributed by atoms with E-state index in [9.17, 15) is 9.90 Å². The van der Waals surface area contributed by atoms with Crippen LogP contribution in [0.2, 0.25) is 0 Å². The maximum absolute atomic E-state index is 12.2. The smallest absolute Gasteiger partial charge is 0.408 e. The van der Waals surface area contributed by atoms with E-state index in [0.29, 0.717) is 19.1 Å². The van der Waals surface area contributed by atoms with E-state index in [1.165, 1.54) is 0 Å². The van der Waals surface area contributed by atoms with E-state index in [1.54, 1.807) is 4.90 Å². The van der Waals surface area contributed by atoms with E-state index in [4.69, 9.17) is 4.74 Å². The third-order valence-corrected chi connectivity index (χ3v) is 5.85. The molecule has 1 unspecified atom stereocenters. The van der Waals surface area contributed by atoms with Gasteiger partial charge >= 0.3 is 6.09 Å². The molecule has 0 aromatic heterocycles. The number of piperazine rings is 1. The highest BCUT2D eigenvalue weighted by Gasteiger charge is 2.35. The molecule has 1 heterocycles. The van der Waals surface area contributed by atoms with Crippen molar-refractivity contribution in [2.75, 3.05) is 46.4 Å². The number of ether oxygens (including phenoxy) is 1. The predicted octanol–water partition coefficient (Wildman–Crippen LogP) is 4.57. The fourth-order valence-electron chi connectivity index (χ4n) is 4.10. The third kappa shape index (κ3) is 7.17. The zero-order valence-electron chi connectivity index (χ0n) is 19.7. The Morgan fingerprint density at radius 2 is 1.77 bits per heavy atom. The zero-order chi connectivity index (χ0) is 22.3. The molecule has 1 aromatic rings. The van der Waals surface area contributed by atoms with E-state index >= 15 is 0 Å². The molecule has 0 bridgehead atoms. The predicted molar refractivity (Wildman–Crippen MR) is 122 cm³/mol. The number of carbonyl (C=O) groups is 1. The minimum atomic E-state index is -0.879. The molecule has 0 saturated carbocycles. The first-order valence-electron chi connectivity index (χ1n) is 11.3. The lowest BCUT2D eigenvalue weighted by molar-refractivity contribution is 0.0450. The Labute approximate surface area is 182 Å². The van der Waals surface area contributed by atoms with Crippen molar-refractivity contribution in [3.05, 3.63) is 29.8 Å². The van der Waals surface area contributed by atoms with Crippen LogP contribution >= 0.6 is 0 Å². The summed E-state index contributed by atoms with van der Waals surface area (Å²) in [5.74, 6) is 1.38. The minimum absolute atomic E-state index is 0.223. The highest BCUT2D eigenvalue weighted by Crippen LogP contribution is 2.31. The molecule has 30 heavy (non-hydrogen) atoms. The fourth-order valence-corrected chi connectivity index (χ4v) is 4.10. The molecule has 0 radical (unpaired) electrons. The van der Waals surface area contributed by atoms with Gasteiger partial charge in [-0.2, -0.15) is 0 Å². The molecule has 2 rings (SSSR count). The molecule has 0 spiro atoms. The lowest BCUT2D eigenvalue weighted by atomic mass is 9.97. The molecular formula is C24H41N3O3. The van der Waals surface area contributed by atoms with Gasteiger partial charge in [-0.05, 0) is 57.9 Å². The summed E-state index contributed by atoms with van der Waals surface area (Å²) in [5.41, 5.74) is 0.522. The second-order valence-corrected chi connectivity index (χ2v) is 9.72. The molecule has 1 fully saturated rings. The number of hydrogen-bond donors (Lipinski definition) is 1. The second-order valence-electron chi connectivity index (χ2n) is 9.72. The van der Waals surface area contributed by atoms with Gasteiger partial charge in [0.25, 0.3) is 0 Å². The summed E-state index contributed by atoms with van der Waals surface area (Å²) in [6, 6.07) is 7.80. The van der Waals surface area contributed by atoms with E-state index < -0.39 is 11.6 Å². The molecule has 2 atom stereocenters. The van der Waals surface area contributed by atoms with Crippen molar-refractivity contribution in [1.82, 2.24) is 14.7 Å². The summed E-state index contributed by atoms with van der Waals surface area (Å²) < 4.78 is 5.95. The lowest BCUT2D eigenvalue weighted by Crippen LogP contribution is -2.53. The van der Waals surface area contributed by atoms with Gasteiger partial charge in [-0.25, -0.2) is 4.79 Å². The number of carboxylic acid groups (broad SMARTS) is 1. The molecule has 1 saturated heterocycles. The van der Waals surface area contributed by atoms with Gasteiger partial charge in [-0.1, -0.05) is 32.4 Å². The molecule has 1 aliphatic rings. The molecule has 0 aliphatic carbocycles. The van der Waals surface area contributed by atoms with Crippen LogP contribution in [0.1, 0.15) is 59.1 Å². The number of benzene rings is 1. The van der Waals surface area contributed by atoms with Crippen LogP contribution in [0, 0.1) is 5.92 Å². The Balaban J connectivity index is 2.19. The highest BCUT2D eigenvalue weighted by atomic mass is 16.5. The van der Waals surface area contributed by atoms with Gasteiger partial charge in [-0.3, -0.25) is 9.80 Å². The largest absolute Gasteiger partial charge is 0.493 e. The van der Waals surface area contributed by atoms with Crippen molar-refractivity contribution in [1.29, 1.82) is 0 Å². The summed E-state index contributed by atoms with van der Waals surface area (Å²) in [5, 5.41) is 10.0. The zero-order valence-corrected chi connectivity index (χ0v) is 19.7. The lowest BCUT2D eigenvalue weighted by Gasteiger charge is -2.43. The van der Waals surface area contributed by atoms with Crippen molar-refractivity contribution in [2.45, 2.75) is 59.0 Å². The summed E-state index contributed by atoms with van der Waals surface area (Å²) in [6.07, 6.45) is 1.44. The van der Waals surface area contributed by atoms with Gasteiger partial charge in [0.2, 0.25) is 0 Å². The number of amides is 1. The van der Waals surface area contributed by atoms with Crippen molar-refractivity contribution < 1.29 is 14.6 Å². The van der Waals surface area contributed by atoms with Crippen molar-refractivity contribution in [3.8, 4) is 5.75 Å². The normalized spacial score (nSPS) is 18.1. The van der Waals surface area contributed by atoms with Crippen LogP contribution in [0.4, 0.5) is 4.79 Å². The second kappa shape index (κ2) is 11.0. The Hall–Kier alpha value is -1.79. The van der Waals surface area contributed by atoms with Gasteiger partial charge in [0.1, 0.15) is 5.75 Å². The summed E-state index contributed by atoms with van der Waals surface area (Å²) in [7, 11) is 2.13.